The van der Waals surface area contributed by atoms with E-state index in [1.807, 2.05) is 0 Å². The second-order valence-corrected chi connectivity index (χ2v) is 7.12. The number of nitrogens with zero attached hydrogens (tertiary/aromatic N) is 2. The highest BCUT2D eigenvalue weighted by atomic mass is 79.9. The number of halogens is 1. The number of sulfonamides is 1. The van der Waals surface area contributed by atoms with Crippen molar-refractivity contribution < 1.29 is 13.5 Å². The molecule has 0 spiro atoms. The van der Waals surface area contributed by atoms with Gasteiger partial charge in [-0.05, 0) is 34.8 Å². The van der Waals surface area contributed by atoms with Gasteiger partial charge in [-0.25, -0.2) is 13.4 Å². The molecule has 19 heavy (non-hydrogen) atoms. The van der Waals surface area contributed by atoms with Crippen molar-refractivity contribution in [2.75, 3.05) is 25.5 Å². The summed E-state index contributed by atoms with van der Waals surface area (Å²) in [7, 11) is -2.02. The standard InChI is InChI=1S/C11H16BrN3O3S/c1-13-11-10(5-8(12)6-14-11)19(17,18)15-4-2-3-9(15)7-16/h5-6,9,16H,2-4,7H2,1H3,(H,13,14). The highest BCUT2D eigenvalue weighted by molar-refractivity contribution is 9.10. The molecule has 0 saturated carbocycles. The SMILES string of the molecule is CNc1ncc(Br)cc1S(=O)(=O)N1CCCC1CO. The molecule has 6 nitrogen and oxygen atoms in total. The van der Waals surface area contributed by atoms with Gasteiger partial charge in [-0.2, -0.15) is 4.31 Å². The number of aromatic nitrogens is 1. The van der Waals surface area contributed by atoms with Crippen LogP contribution in [0, 0.1) is 0 Å². The van der Waals surface area contributed by atoms with Crippen molar-refractivity contribution in [2.24, 2.45) is 0 Å². The lowest BCUT2D eigenvalue weighted by molar-refractivity contribution is 0.213. The maximum absolute atomic E-state index is 12.6. The molecule has 1 unspecified atom stereocenters. The zero-order valence-electron chi connectivity index (χ0n) is 10.5. The molecule has 2 rings (SSSR count). The van der Waals surface area contributed by atoms with Crippen LogP contribution in [0.5, 0.6) is 0 Å². The first-order valence-corrected chi connectivity index (χ1v) is 8.20. The minimum Gasteiger partial charge on any atom is -0.395 e. The molecule has 0 amide bonds. The largest absolute Gasteiger partial charge is 0.395 e. The number of aliphatic hydroxyl groups is 1. The van der Waals surface area contributed by atoms with E-state index in [1.54, 1.807) is 13.2 Å². The van der Waals surface area contributed by atoms with Crippen LogP contribution in [0.2, 0.25) is 0 Å². The van der Waals surface area contributed by atoms with E-state index in [9.17, 15) is 13.5 Å². The summed E-state index contributed by atoms with van der Waals surface area (Å²) in [5.74, 6) is 0.312. The Labute approximate surface area is 121 Å². The molecule has 0 aliphatic carbocycles. The fourth-order valence-electron chi connectivity index (χ4n) is 2.24. The molecule has 0 bridgehead atoms. The van der Waals surface area contributed by atoms with Crippen LogP contribution in [0.4, 0.5) is 5.82 Å². The number of pyridine rings is 1. The number of hydrogen-bond donors (Lipinski definition) is 2. The summed E-state index contributed by atoms with van der Waals surface area (Å²) in [5.41, 5.74) is 0. The molecular formula is C11H16BrN3O3S. The van der Waals surface area contributed by atoms with Gasteiger partial charge < -0.3 is 10.4 Å². The van der Waals surface area contributed by atoms with E-state index in [1.165, 1.54) is 10.4 Å². The van der Waals surface area contributed by atoms with Crippen molar-refractivity contribution in [2.45, 2.75) is 23.8 Å². The Kier molecular flexibility index (Phi) is 4.44. The van der Waals surface area contributed by atoms with Gasteiger partial charge in [0.2, 0.25) is 10.0 Å². The first kappa shape index (κ1) is 14.7. The monoisotopic (exact) mass is 349 g/mol. The Bertz CT molecular complexity index is 564. The summed E-state index contributed by atoms with van der Waals surface area (Å²) < 4.78 is 27.3. The van der Waals surface area contributed by atoms with Crippen LogP contribution in [0.15, 0.2) is 21.6 Å². The van der Waals surface area contributed by atoms with E-state index in [0.717, 1.165) is 6.42 Å². The third-order valence-electron chi connectivity index (χ3n) is 3.18. The van der Waals surface area contributed by atoms with Crippen molar-refractivity contribution in [3.05, 3.63) is 16.7 Å². The lowest BCUT2D eigenvalue weighted by atomic mass is 10.2. The van der Waals surface area contributed by atoms with E-state index in [4.69, 9.17) is 0 Å². The third-order valence-corrected chi connectivity index (χ3v) is 5.58. The molecule has 1 aromatic heterocycles. The summed E-state index contributed by atoms with van der Waals surface area (Å²) in [6.45, 7) is 0.277. The predicted octanol–water partition coefficient (Wildman–Crippen LogP) is 1.03. The number of aliphatic hydroxyl groups excluding tert-OH is 1. The fourth-order valence-corrected chi connectivity index (χ4v) is 4.58. The summed E-state index contributed by atoms with van der Waals surface area (Å²) in [6, 6.07) is 1.19. The molecule has 1 aliphatic heterocycles. The Morgan fingerprint density at radius 1 is 1.63 bits per heavy atom. The number of nitrogens with one attached hydrogen (secondary N) is 1. The average molecular weight is 350 g/mol. The topological polar surface area (TPSA) is 82.5 Å². The van der Waals surface area contributed by atoms with Gasteiger partial charge >= 0.3 is 0 Å². The van der Waals surface area contributed by atoms with Gasteiger partial charge in [0.25, 0.3) is 0 Å². The summed E-state index contributed by atoms with van der Waals surface area (Å²) in [4.78, 5) is 4.19. The minimum absolute atomic E-state index is 0.129. The van der Waals surface area contributed by atoms with Crippen LogP contribution in [0.1, 0.15) is 12.8 Å². The summed E-state index contributed by atoms with van der Waals surface area (Å²) in [6.07, 6.45) is 2.99. The van der Waals surface area contributed by atoms with Crippen molar-refractivity contribution in [1.82, 2.24) is 9.29 Å². The molecule has 1 aliphatic rings. The van der Waals surface area contributed by atoms with E-state index in [2.05, 4.69) is 26.2 Å². The molecule has 2 heterocycles. The van der Waals surface area contributed by atoms with Gasteiger partial charge in [0, 0.05) is 30.3 Å². The van der Waals surface area contributed by atoms with E-state index in [-0.39, 0.29) is 17.5 Å². The minimum atomic E-state index is -3.65. The second-order valence-electron chi connectivity index (χ2n) is 4.34. The van der Waals surface area contributed by atoms with Gasteiger partial charge in [-0.15, -0.1) is 0 Å². The first-order chi connectivity index (χ1) is 9.00. The number of anilines is 1. The van der Waals surface area contributed by atoms with Crippen molar-refractivity contribution in [3.8, 4) is 0 Å². The zero-order valence-corrected chi connectivity index (χ0v) is 12.9. The van der Waals surface area contributed by atoms with Crippen LogP contribution in [-0.4, -0.2) is 49.1 Å². The Hall–Kier alpha value is -0.700. The lowest BCUT2D eigenvalue weighted by Crippen LogP contribution is -2.37. The maximum Gasteiger partial charge on any atom is 0.247 e. The quantitative estimate of drug-likeness (QED) is 0.848. The van der Waals surface area contributed by atoms with Gasteiger partial charge in [-0.1, -0.05) is 0 Å². The fraction of sp³-hybridized carbons (Fsp3) is 0.545. The molecule has 1 aromatic rings. The number of rotatable bonds is 4. The normalized spacial score (nSPS) is 20.7. The van der Waals surface area contributed by atoms with Crippen LogP contribution in [0.3, 0.4) is 0 Å². The number of hydrogen-bond acceptors (Lipinski definition) is 5. The van der Waals surface area contributed by atoms with Gasteiger partial charge in [0.1, 0.15) is 10.7 Å². The van der Waals surface area contributed by atoms with E-state index >= 15 is 0 Å². The van der Waals surface area contributed by atoms with E-state index in [0.29, 0.717) is 23.3 Å². The summed E-state index contributed by atoms with van der Waals surface area (Å²) >= 11 is 3.24. The van der Waals surface area contributed by atoms with Crippen LogP contribution in [-0.2, 0) is 10.0 Å². The predicted molar refractivity (Wildman–Crippen MR) is 75.5 cm³/mol. The molecule has 8 heteroatoms. The molecule has 2 N–H and O–H groups in total. The lowest BCUT2D eigenvalue weighted by Gasteiger charge is -2.23. The van der Waals surface area contributed by atoms with Crippen LogP contribution >= 0.6 is 15.9 Å². The maximum atomic E-state index is 12.6. The zero-order chi connectivity index (χ0) is 14.0. The highest BCUT2D eigenvalue weighted by Gasteiger charge is 2.36. The molecule has 1 fully saturated rings. The molecule has 1 atom stereocenters. The summed E-state index contributed by atoms with van der Waals surface area (Å²) in [5, 5.41) is 12.1. The van der Waals surface area contributed by atoms with Crippen molar-refractivity contribution in [1.29, 1.82) is 0 Å². The van der Waals surface area contributed by atoms with Crippen LogP contribution in [0.25, 0.3) is 0 Å². The Balaban J connectivity index is 2.47. The Morgan fingerprint density at radius 2 is 2.37 bits per heavy atom. The first-order valence-electron chi connectivity index (χ1n) is 5.96. The van der Waals surface area contributed by atoms with Crippen molar-refractivity contribution >= 4 is 31.8 Å². The smallest absolute Gasteiger partial charge is 0.247 e. The average Bonchev–Trinajstić information content (AvgIpc) is 2.87. The molecule has 0 aromatic carbocycles. The second kappa shape index (κ2) is 5.74. The molecule has 0 radical (unpaired) electrons. The Morgan fingerprint density at radius 3 is 3.00 bits per heavy atom. The van der Waals surface area contributed by atoms with Crippen molar-refractivity contribution in [3.63, 3.8) is 0 Å². The molecular weight excluding hydrogens is 334 g/mol. The van der Waals surface area contributed by atoms with Gasteiger partial charge in [0.05, 0.1) is 6.61 Å². The third kappa shape index (κ3) is 2.76. The van der Waals surface area contributed by atoms with Gasteiger partial charge in [0.15, 0.2) is 0 Å². The van der Waals surface area contributed by atoms with E-state index < -0.39 is 10.0 Å². The highest BCUT2D eigenvalue weighted by Crippen LogP contribution is 2.30. The van der Waals surface area contributed by atoms with Gasteiger partial charge in [-0.3, -0.25) is 0 Å². The molecule has 106 valence electrons. The van der Waals surface area contributed by atoms with Crippen LogP contribution < -0.4 is 5.32 Å². The molecule has 1 saturated heterocycles.